The van der Waals surface area contributed by atoms with Gasteiger partial charge in [0.15, 0.2) is 0 Å². The van der Waals surface area contributed by atoms with E-state index in [-0.39, 0.29) is 12.8 Å². The molecule has 0 saturated carbocycles. The molecule has 5 heteroatoms. The molecule has 0 heterocycles. The van der Waals surface area contributed by atoms with Crippen LogP contribution in [0.15, 0.2) is 11.5 Å². The molecule has 0 saturated heterocycles. The van der Waals surface area contributed by atoms with E-state index in [4.69, 9.17) is 10.8 Å². The molecule has 0 aromatic rings. The van der Waals surface area contributed by atoms with E-state index in [2.05, 4.69) is 12.6 Å². The summed E-state index contributed by atoms with van der Waals surface area (Å²) in [7, 11) is 0. The van der Waals surface area contributed by atoms with Crippen LogP contribution in [0, 0.1) is 5.92 Å². The molecule has 0 fully saturated rings. The zero-order valence-electron chi connectivity index (χ0n) is 6.43. The van der Waals surface area contributed by atoms with Crippen LogP contribution < -0.4 is 5.73 Å². The van der Waals surface area contributed by atoms with E-state index in [9.17, 15) is 9.59 Å². The summed E-state index contributed by atoms with van der Waals surface area (Å²) < 4.78 is 0. The van der Waals surface area contributed by atoms with Crippen LogP contribution >= 0.6 is 12.6 Å². The van der Waals surface area contributed by atoms with E-state index in [1.165, 1.54) is 5.41 Å². The molecule has 0 aliphatic rings. The third kappa shape index (κ3) is 4.79. The van der Waals surface area contributed by atoms with Crippen molar-refractivity contribution in [3.63, 3.8) is 0 Å². The number of aliphatic carboxylic acids is 1. The number of carboxylic acid groups (broad SMARTS) is 1. The van der Waals surface area contributed by atoms with Gasteiger partial charge in [-0.15, -0.1) is 0 Å². The monoisotopic (exact) mass is 189 g/mol. The van der Waals surface area contributed by atoms with Crippen molar-refractivity contribution in [1.82, 2.24) is 0 Å². The molecule has 1 amide bonds. The maximum absolute atomic E-state index is 10.5. The lowest BCUT2D eigenvalue weighted by Crippen LogP contribution is -2.21. The maximum Gasteiger partial charge on any atom is 0.307 e. The first kappa shape index (κ1) is 11.0. The predicted molar refractivity (Wildman–Crippen MR) is 47.7 cm³/mol. The number of rotatable bonds is 5. The van der Waals surface area contributed by atoms with E-state index in [1.807, 2.05) is 0 Å². The second kappa shape index (κ2) is 5.65. The van der Waals surface area contributed by atoms with E-state index < -0.39 is 17.8 Å². The van der Waals surface area contributed by atoms with Gasteiger partial charge in [0.05, 0.1) is 5.92 Å². The zero-order valence-corrected chi connectivity index (χ0v) is 7.33. The van der Waals surface area contributed by atoms with Gasteiger partial charge in [-0.3, -0.25) is 9.59 Å². The van der Waals surface area contributed by atoms with Gasteiger partial charge >= 0.3 is 5.97 Å². The average molecular weight is 189 g/mol. The summed E-state index contributed by atoms with van der Waals surface area (Å²) >= 11 is 3.76. The number of hydrogen-bond donors (Lipinski definition) is 3. The molecule has 1 atom stereocenters. The highest BCUT2D eigenvalue weighted by Crippen LogP contribution is 2.09. The first-order valence-corrected chi connectivity index (χ1v) is 3.90. The first-order valence-electron chi connectivity index (χ1n) is 3.38. The van der Waals surface area contributed by atoms with Crippen molar-refractivity contribution in [2.45, 2.75) is 12.8 Å². The van der Waals surface area contributed by atoms with Crippen LogP contribution in [0.4, 0.5) is 0 Å². The number of hydrogen-bond acceptors (Lipinski definition) is 3. The number of carbonyl (C=O) groups is 2. The van der Waals surface area contributed by atoms with Gasteiger partial charge in [0.1, 0.15) is 0 Å². The fraction of sp³-hybridized carbons (Fsp3) is 0.429. The van der Waals surface area contributed by atoms with E-state index in [0.29, 0.717) is 0 Å². The largest absolute Gasteiger partial charge is 0.481 e. The Kier molecular flexibility index (Phi) is 5.19. The third-order valence-electron chi connectivity index (χ3n) is 1.32. The molecule has 0 aliphatic carbocycles. The van der Waals surface area contributed by atoms with E-state index >= 15 is 0 Å². The fourth-order valence-electron chi connectivity index (χ4n) is 0.739. The Morgan fingerprint density at radius 3 is 2.50 bits per heavy atom. The second-order valence-electron chi connectivity index (χ2n) is 2.33. The van der Waals surface area contributed by atoms with Crippen LogP contribution in [0.5, 0.6) is 0 Å². The Morgan fingerprint density at radius 1 is 1.58 bits per heavy atom. The Balaban J connectivity index is 4.04. The maximum atomic E-state index is 10.5. The molecule has 1 unspecified atom stereocenters. The van der Waals surface area contributed by atoms with Crippen molar-refractivity contribution >= 4 is 24.5 Å². The van der Waals surface area contributed by atoms with E-state index in [0.717, 1.165) is 0 Å². The summed E-state index contributed by atoms with van der Waals surface area (Å²) in [4.78, 5) is 20.9. The molecule has 12 heavy (non-hydrogen) atoms. The molecule has 3 N–H and O–H groups in total. The number of amides is 1. The van der Waals surface area contributed by atoms with Gasteiger partial charge in [0.2, 0.25) is 5.91 Å². The molecular formula is C7H11NO3S. The minimum Gasteiger partial charge on any atom is -0.481 e. The molecule has 0 aromatic heterocycles. The van der Waals surface area contributed by atoms with Gasteiger partial charge in [-0.25, -0.2) is 0 Å². The Bertz CT molecular complexity index is 203. The third-order valence-corrected chi connectivity index (χ3v) is 1.53. The fourth-order valence-corrected chi connectivity index (χ4v) is 0.861. The van der Waals surface area contributed by atoms with Gasteiger partial charge in [0, 0.05) is 6.42 Å². The standard InChI is InChI=1S/C7H11NO3S/c8-6(9)4-5(7(10)11)2-1-3-12/h1,3,5,12H,2,4H2,(H2,8,9)(H,10,11). The minimum absolute atomic E-state index is 0.131. The normalized spacial score (nSPS) is 13.1. The number of thiol groups is 1. The zero-order chi connectivity index (χ0) is 9.56. The van der Waals surface area contributed by atoms with Gasteiger partial charge in [-0.2, -0.15) is 12.6 Å². The highest BCUT2D eigenvalue weighted by Gasteiger charge is 2.17. The number of carboxylic acids is 1. The number of carbonyl (C=O) groups excluding carboxylic acids is 1. The van der Waals surface area contributed by atoms with Crippen LogP contribution in [-0.4, -0.2) is 17.0 Å². The molecule has 4 nitrogen and oxygen atoms in total. The second-order valence-corrected chi connectivity index (χ2v) is 2.62. The van der Waals surface area contributed by atoms with Crippen molar-refractivity contribution in [2.24, 2.45) is 11.7 Å². The van der Waals surface area contributed by atoms with Gasteiger partial charge in [0.25, 0.3) is 0 Å². The van der Waals surface area contributed by atoms with Gasteiger partial charge < -0.3 is 10.8 Å². The minimum atomic E-state index is -1.01. The van der Waals surface area contributed by atoms with Crippen LogP contribution in [-0.2, 0) is 9.59 Å². The molecule has 0 aliphatic heterocycles. The molecule has 0 aromatic carbocycles. The molecule has 0 spiro atoms. The average Bonchev–Trinajstić information content (AvgIpc) is 1.96. The number of primary amides is 1. The lowest BCUT2D eigenvalue weighted by atomic mass is 10.0. The molecule has 0 rings (SSSR count). The van der Waals surface area contributed by atoms with Crippen LogP contribution in [0.1, 0.15) is 12.8 Å². The van der Waals surface area contributed by atoms with Crippen molar-refractivity contribution in [3.8, 4) is 0 Å². The lowest BCUT2D eigenvalue weighted by molar-refractivity contribution is -0.143. The van der Waals surface area contributed by atoms with Crippen LogP contribution in [0.25, 0.3) is 0 Å². The summed E-state index contributed by atoms with van der Waals surface area (Å²) in [5.41, 5.74) is 4.86. The smallest absolute Gasteiger partial charge is 0.307 e. The van der Waals surface area contributed by atoms with Crippen LogP contribution in [0.3, 0.4) is 0 Å². The molecule has 0 bridgehead atoms. The van der Waals surface area contributed by atoms with Crippen molar-refractivity contribution in [3.05, 3.63) is 11.5 Å². The molecule has 68 valence electrons. The topological polar surface area (TPSA) is 80.4 Å². The highest BCUT2D eigenvalue weighted by molar-refractivity contribution is 7.83. The molecule has 0 radical (unpaired) electrons. The Labute approximate surface area is 75.9 Å². The summed E-state index contributed by atoms with van der Waals surface area (Å²) in [6, 6.07) is 0. The molecular weight excluding hydrogens is 178 g/mol. The predicted octanol–water partition coefficient (Wildman–Crippen LogP) is 0.396. The van der Waals surface area contributed by atoms with Crippen molar-refractivity contribution in [2.75, 3.05) is 0 Å². The lowest BCUT2D eigenvalue weighted by Gasteiger charge is -2.05. The summed E-state index contributed by atoms with van der Waals surface area (Å²) in [5.74, 6) is -2.35. The summed E-state index contributed by atoms with van der Waals surface area (Å²) in [5, 5.41) is 10.0. The summed E-state index contributed by atoms with van der Waals surface area (Å²) in [6.07, 6.45) is 1.72. The Hall–Kier alpha value is -0.970. The number of nitrogens with two attached hydrogens (primary N) is 1. The summed E-state index contributed by atoms with van der Waals surface area (Å²) in [6.45, 7) is 0. The Morgan fingerprint density at radius 2 is 2.17 bits per heavy atom. The SMILES string of the molecule is NC(=O)CC(CC=CS)C(=O)O. The van der Waals surface area contributed by atoms with Gasteiger partial charge in [-0.1, -0.05) is 6.08 Å². The van der Waals surface area contributed by atoms with E-state index in [1.54, 1.807) is 6.08 Å². The first-order chi connectivity index (χ1) is 5.57. The van der Waals surface area contributed by atoms with Gasteiger partial charge in [-0.05, 0) is 11.8 Å². The van der Waals surface area contributed by atoms with Crippen LogP contribution in [0.2, 0.25) is 0 Å². The van der Waals surface area contributed by atoms with Crippen molar-refractivity contribution in [1.29, 1.82) is 0 Å². The highest BCUT2D eigenvalue weighted by atomic mass is 32.1. The van der Waals surface area contributed by atoms with Crippen molar-refractivity contribution < 1.29 is 14.7 Å². The number of allylic oxidation sites excluding steroid dienone is 1. The quantitative estimate of drug-likeness (QED) is 0.547.